The molecule has 0 unspecified atom stereocenters. The van der Waals surface area contributed by atoms with E-state index in [4.69, 9.17) is 4.42 Å². The number of nitrogens with one attached hydrogen (secondary N) is 1. The molecule has 0 aliphatic carbocycles. The molecule has 6 nitrogen and oxygen atoms in total. The fourth-order valence-electron chi connectivity index (χ4n) is 1.84. The first-order valence-corrected chi connectivity index (χ1v) is 7.07. The third-order valence-corrected chi connectivity index (χ3v) is 3.65. The van der Waals surface area contributed by atoms with Gasteiger partial charge in [-0.2, -0.15) is 0 Å². The average molecular weight is 301 g/mol. The standard InChI is InChI=1S/C14H11N3O3S/c18-17(19)11-4-1-3-10(7-11)13-9-21-14(16-13)15-8-12-5-2-6-20-12/h1-7,9H,8H2,(H,15,16). The van der Waals surface area contributed by atoms with E-state index in [0.29, 0.717) is 12.2 Å². The van der Waals surface area contributed by atoms with Crippen LogP contribution in [0.2, 0.25) is 0 Å². The normalized spacial score (nSPS) is 10.5. The molecule has 0 radical (unpaired) electrons. The van der Waals surface area contributed by atoms with Gasteiger partial charge in [0.05, 0.1) is 23.4 Å². The summed E-state index contributed by atoms with van der Waals surface area (Å²) in [5, 5.41) is 16.6. The Labute approximate surface area is 124 Å². The summed E-state index contributed by atoms with van der Waals surface area (Å²) in [7, 11) is 0. The Bertz CT molecular complexity index is 752. The van der Waals surface area contributed by atoms with Crippen LogP contribution in [-0.4, -0.2) is 9.91 Å². The maximum absolute atomic E-state index is 10.8. The number of aromatic nitrogens is 1. The number of hydrogen-bond acceptors (Lipinski definition) is 6. The largest absolute Gasteiger partial charge is 0.467 e. The molecule has 3 aromatic rings. The van der Waals surface area contributed by atoms with Crippen LogP contribution in [0.3, 0.4) is 0 Å². The van der Waals surface area contributed by atoms with E-state index in [0.717, 1.165) is 16.5 Å². The molecular weight excluding hydrogens is 290 g/mol. The number of non-ortho nitro benzene ring substituents is 1. The monoisotopic (exact) mass is 301 g/mol. The first-order valence-electron chi connectivity index (χ1n) is 6.19. The third kappa shape index (κ3) is 3.09. The van der Waals surface area contributed by atoms with Gasteiger partial charge in [0.25, 0.3) is 5.69 Å². The Morgan fingerprint density at radius 3 is 3.00 bits per heavy atom. The first-order chi connectivity index (χ1) is 10.2. The highest BCUT2D eigenvalue weighted by molar-refractivity contribution is 7.14. The maximum atomic E-state index is 10.8. The Morgan fingerprint density at radius 2 is 2.24 bits per heavy atom. The fourth-order valence-corrected chi connectivity index (χ4v) is 2.56. The zero-order valence-electron chi connectivity index (χ0n) is 10.9. The fraction of sp³-hybridized carbons (Fsp3) is 0.0714. The number of rotatable bonds is 5. The second kappa shape index (κ2) is 5.76. The van der Waals surface area contributed by atoms with Gasteiger partial charge in [-0.1, -0.05) is 12.1 Å². The highest BCUT2D eigenvalue weighted by Crippen LogP contribution is 2.27. The number of nitrogens with zero attached hydrogens (tertiary/aromatic N) is 2. The maximum Gasteiger partial charge on any atom is 0.270 e. The lowest BCUT2D eigenvalue weighted by Crippen LogP contribution is -1.97. The molecule has 3 rings (SSSR count). The van der Waals surface area contributed by atoms with Crippen molar-refractivity contribution in [3.63, 3.8) is 0 Å². The van der Waals surface area contributed by atoms with E-state index in [2.05, 4.69) is 10.3 Å². The number of anilines is 1. The number of hydrogen-bond donors (Lipinski definition) is 1. The van der Waals surface area contributed by atoms with Gasteiger partial charge in [-0.3, -0.25) is 10.1 Å². The smallest absolute Gasteiger partial charge is 0.270 e. The molecule has 0 atom stereocenters. The van der Waals surface area contributed by atoms with Gasteiger partial charge in [-0.05, 0) is 12.1 Å². The van der Waals surface area contributed by atoms with Crippen LogP contribution >= 0.6 is 11.3 Å². The molecule has 7 heteroatoms. The van der Waals surface area contributed by atoms with E-state index < -0.39 is 4.92 Å². The molecule has 1 N–H and O–H groups in total. The van der Waals surface area contributed by atoms with Crippen LogP contribution in [0.25, 0.3) is 11.3 Å². The topological polar surface area (TPSA) is 81.2 Å². The van der Waals surface area contributed by atoms with E-state index >= 15 is 0 Å². The van der Waals surface area contributed by atoms with E-state index in [9.17, 15) is 10.1 Å². The van der Waals surface area contributed by atoms with Gasteiger partial charge < -0.3 is 9.73 Å². The highest BCUT2D eigenvalue weighted by atomic mass is 32.1. The summed E-state index contributed by atoms with van der Waals surface area (Å²) >= 11 is 1.45. The van der Waals surface area contributed by atoms with E-state index in [1.165, 1.54) is 23.5 Å². The predicted octanol–water partition coefficient (Wildman–Crippen LogP) is 3.92. The minimum atomic E-state index is -0.411. The lowest BCUT2D eigenvalue weighted by atomic mass is 10.1. The van der Waals surface area contributed by atoms with Crippen LogP contribution in [-0.2, 0) is 6.54 Å². The summed E-state index contributed by atoms with van der Waals surface area (Å²) in [6, 6.07) is 10.1. The summed E-state index contributed by atoms with van der Waals surface area (Å²) in [6.07, 6.45) is 1.62. The molecule has 106 valence electrons. The van der Waals surface area contributed by atoms with Gasteiger partial charge in [0.1, 0.15) is 5.76 Å². The molecule has 0 aliphatic heterocycles. The predicted molar refractivity (Wildman–Crippen MR) is 80.2 cm³/mol. The molecule has 0 spiro atoms. The van der Waals surface area contributed by atoms with Gasteiger partial charge in [0, 0.05) is 23.1 Å². The average Bonchev–Trinajstić information content (AvgIpc) is 3.17. The molecule has 0 bridgehead atoms. The van der Waals surface area contributed by atoms with Crippen molar-refractivity contribution in [2.75, 3.05) is 5.32 Å². The van der Waals surface area contributed by atoms with Crippen LogP contribution in [0.5, 0.6) is 0 Å². The lowest BCUT2D eigenvalue weighted by Gasteiger charge is -1.99. The number of nitro benzene ring substituents is 1. The quantitative estimate of drug-likeness (QED) is 0.570. The Kier molecular flexibility index (Phi) is 3.65. The van der Waals surface area contributed by atoms with Crippen LogP contribution in [0, 0.1) is 10.1 Å². The molecule has 0 saturated carbocycles. The molecule has 2 heterocycles. The SMILES string of the molecule is O=[N+]([O-])c1cccc(-c2csc(NCc3ccco3)n2)c1. The second-order valence-corrected chi connectivity index (χ2v) is 5.14. The summed E-state index contributed by atoms with van der Waals surface area (Å²) in [4.78, 5) is 14.8. The lowest BCUT2D eigenvalue weighted by molar-refractivity contribution is -0.384. The van der Waals surface area contributed by atoms with Crippen molar-refractivity contribution in [3.05, 3.63) is 63.9 Å². The van der Waals surface area contributed by atoms with Gasteiger partial charge in [0.2, 0.25) is 0 Å². The second-order valence-electron chi connectivity index (χ2n) is 4.28. The molecular formula is C14H11N3O3S. The van der Waals surface area contributed by atoms with Crippen molar-refractivity contribution in [1.29, 1.82) is 0 Å². The molecule has 21 heavy (non-hydrogen) atoms. The van der Waals surface area contributed by atoms with Gasteiger partial charge in [-0.25, -0.2) is 4.98 Å². The van der Waals surface area contributed by atoms with E-state index in [-0.39, 0.29) is 5.69 Å². The van der Waals surface area contributed by atoms with E-state index in [1.54, 1.807) is 18.4 Å². The minimum Gasteiger partial charge on any atom is -0.467 e. The Morgan fingerprint density at radius 1 is 1.33 bits per heavy atom. The molecule has 0 aliphatic rings. The van der Waals surface area contributed by atoms with Crippen LogP contribution in [0.4, 0.5) is 10.8 Å². The van der Waals surface area contributed by atoms with Crippen LogP contribution in [0.15, 0.2) is 52.5 Å². The Hall–Kier alpha value is -2.67. The summed E-state index contributed by atoms with van der Waals surface area (Å²) in [5.74, 6) is 0.821. The third-order valence-electron chi connectivity index (χ3n) is 2.85. The number of benzene rings is 1. The Balaban J connectivity index is 1.75. The van der Waals surface area contributed by atoms with Gasteiger partial charge >= 0.3 is 0 Å². The van der Waals surface area contributed by atoms with Crippen LogP contribution in [0.1, 0.15) is 5.76 Å². The van der Waals surface area contributed by atoms with Crippen molar-refractivity contribution in [1.82, 2.24) is 4.98 Å². The van der Waals surface area contributed by atoms with Crippen LogP contribution < -0.4 is 5.32 Å². The van der Waals surface area contributed by atoms with Crippen molar-refractivity contribution in [2.24, 2.45) is 0 Å². The van der Waals surface area contributed by atoms with Gasteiger partial charge in [0.15, 0.2) is 5.13 Å². The molecule has 0 fully saturated rings. The zero-order chi connectivity index (χ0) is 14.7. The first kappa shape index (κ1) is 13.3. The summed E-state index contributed by atoms with van der Waals surface area (Å²) in [6.45, 7) is 0.550. The molecule has 0 amide bonds. The molecule has 2 aromatic heterocycles. The van der Waals surface area contributed by atoms with Gasteiger partial charge in [-0.15, -0.1) is 11.3 Å². The number of furan rings is 1. The summed E-state index contributed by atoms with van der Waals surface area (Å²) in [5.41, 5.74) is 1.50. The zero-order valence-corrected chi connectivity index (χ0v) is 11.7. The van der Waals surface area contributed by atoms with Crippen molar-refractivity contribution in [2.45, 2.75) is 6.54 Å². The highest BCUT2D eigenvalue weighted by Gasteiger charge is 2.10. The molecule has 0 saturated heterocycles. The summed E-state index contributed by atoms with van der Waals surface area (Å²) < 4.78 is 5.23. The van der Waals surface area contributed by atoms with E-state index in [1.807, 2.05) is 17.5 Å². The number of nitro groups is 1. The minimum absolute atomic E-state index is 0.0607. The van der Waals surface area contributed by atoms with Crippen molar-refractivity contribution in [3.8, 4) is 11.3 Å². The molecule has 1 aromatic carbocycles. The van der Waals surface area contributed by atoms with Crippen molar-refractivity contribution >= 4 is 22.2 Å². The van der Waals surface area contributed by atoms with Crippen molar-refractivity contribution < 1.29 is 9.34 Å². The number of thiazole rings is 1.